The molecular weight excluding hydrogens is 365 g/mol. The Labute approximate surface area is 151 Å². The monoisotopic (exact) mass is 377 g/mol. The van der Waals surface area contributed by atoms with Gasteiger partial charge in [-0.25, -0.2) is 4.39 Å². The van der Waals surface area contributed by atoms with Gasteiger partial charge in [-0.1, -0.05) is 41.9 Å². The summed E-state index contributed by atoms with van der Waals surface area (Å²) in [6, 6.07) is 11.9. The lowest BCUT2D eigenvalue weighted by atomic mass is 10.0. The van der Waals surface area contributed by atoms with Gasteiger partial charge in [-0.15, -0.1) is 11.3 Å². The second-order valence-corrected chi connectivity index (χ2v) is 6.85. The van der Waals surface area contributed by atoms with Gasteiger partial charge in [0.2, 0.25) is 0 Å². The summed E-state index contributed by atoms with van der Waals surface area (Å²) in [5.74, 6) is -1.96. The van der Waals surface area contributed by atoms with Gasteiger partial charge in [0.15, 0.2) is 0 Å². The Balaban J connectivity index is 1.90. The van der Waals surface area contributed by atoms with Crippen molar-refractivity contribution in [3.8, 4) is 0 Å². The van der Waals surface area contributed by atoms with E-state index < -0.39 is 23.7 Å². The van der Waals surface area contributed by atoms with Gasteiger partial charge in [-0.3, -0.25) is 9.59 Å². The minimum absolute atomic E-state index is 0.320. The lowest BCUT2D eigenvalue weighted by Gasteiger charge is -2.17. The van der Waals surface area contributed by atoms with Crippen LogP contribution in [0.3, 0.4) is 0 Å². The highest BCUT2D eigenvalue weighted by Gasteiger charge is 2.22. The molecule has 3 aromatic rings. The zero-order valence-electron chi connectivity index (χ0n) is 12.8. The number of hydrogen-bond acceptors (Lipinski definition) is 3. The maximum absolute atomic E-state index is 13.1. The van der Waals surface area contributed by atoms with Crippen LogP contribution in [0.15, 0.2) is 48.5 Å². The molecule has 1 heterocycles. The summed E-state index contributed by atoms with van der Waals surface area (Å²) in [5, 5.41) is 12.9. The Morgan fingerprint density at radius 1 is 1.16 bits per heavy atom. The van der Waals surface area contributed by atoms with E-state index in [2.05, 4.69) is 5.32 Å². The van der Waals surface area contributed by atoms with Crippen molar-refractivity contribution in [3.05, 3.63) is 69.8 Å². The van der Waals surface area contributed by atoms with E-state index in [0.29, 0.717) is 15.5 Å². The van der Waals surface area contributed by atoms with Gasteiger partial charge < -0.3 is 10.4 Å². The van der Waals surface area contributed by atoms with Crippen LogP contribution in [-0.2, 0) is 4.79 Å². The summed E-state index contributed by atoms with van der Waals surface area (Å²) >= 11 is 7.53. The molecule has 25 heavy (non-hydrogen) atoms. The van der Waals surface area contributed by atoms with E-state index in [1.807, 2.05) is 24.3 Å². The maximum atomic E-state index is 13.1. The number of halogens is 2. The fourth-order valence-corrected chi connectivity index (χ4v) is 3.93. The molecule has 3 rings (SSSR count). The molecule has 1 amide bonds. The number of amides is 1. The molecule has 1 aromatic heterocycles. The second-order valence-electron chi connectivity index (χ2n) is 5.42. The summed E-state index contributed by atoms with van der Waals surface area (Å²) < 4.78 is 14.0. The van der Waals surface area contributed by atoms with Crippen molar-refractivity contribution in [2.45, 2.75) is 12.5 Å². The average Bonchev–Trinajstić information content (AvgIpc) is 2.92. The summed E-state index contributed by atoms with van der Waals surface area (Å²) in [4.78, 5) is 24.1. The first kappa shape index (κ1) is 17.4. The quantitative estimate of drug-likeness (QED) is 0.680. The van der Waals surface area contributed by atoms with E-state index in [-0.39, 0.29) is 6.42 Å². The lowest BCUT2D eigenvalue weighted by molar-refractivity contribution is -0.137. The van der Waals surface area contributed by atoms with Gasteiger partial charge in [-0.2, -0.15) is 0 Å². The number of nitrogens with one attached hydrogen (secondary N) is 1. The van der Waals surface area contributed by atoms with E-state index >= 15 is 0 Å². The van der Waals surface area contributed by atoms with Crippen LogP contribution in [0.2, 0.25) is 5.02 Å². The maximum Gasteiger partial charge on any atom is 0.305 e. The van der Waals surface area contributed by atoms with E-state index in [9.17, 15) is 14.0 Å². The van der Waals surface area contributed by atoms with Crippen molar-refractivity contribution in [1.82, 2.24) is 5.32 Å². The number of carboxylic acids is 1. The SMILES string of the molecule is O=C(O)C[C@H](NC(=O)c1sc2ccccc2c1Cl)c1ccc(F)cc1. The van der Waals surface area contributed by atoms with Crippen LogP contribution in [0.5, 0.6) is 0 Å². The van der Waals surface area contributed by atoms with Crippen molar-refractivity contribution in [2.75, 3.05) is 0 Å². The highest BCUT2D eigenvalue weighted by Crippen LogP contribution is 2.35. The van der Waals surface area contributed by atoms with Gasteiger partial charge in [0.05, 0.1) is 17.5 Å². The first-order chi connectivity index (χ1) is 12.0. The number of hydrogen-bond donors (Lipinski definition) is 2. The normalized spacial score (nSPS) is 12.1. The number of carbonyl (C=O) groups excluding carboxylic acids is 1. The van der Waals surface area contributed by atoms with Crippen molar-refractivity contribution < 1.29 is 19.1 Å². The molecule has 0 aliphatic carbocycles. The minimum Gasteiger partial charge on any atom is -0.481 e. The average molecular weight is 378 g/mol. The van der Waals surface area contributed by atoms with Crippen LogP contribution in [0, 0.1) is 5.82 Å². The third kappa shape index (κ3) is 3.81. The number of aliphatic carboxylic acids is 1. The van der Waals surface area contributed by atoms with E-state index in [4.69, 9.17) is 16.7 Å². The Morgan fingerprint density at radius 2 is 1.84 bits per heavy atom. The van der Waals surface area contributed by atoms with E-state index in [1.165, 1.54) is 35.6 Å². The van der Waals surface area contributed by atoms with Crippen molar-refractivity contribution in [3.63, 3.8) is 0 Å². The third-order valence-electron chi connectivity index (χ3n) is 3.70. The molecule has 0 radical (unpaired) electrons. The summed E-state index contributed by atoms with van der Waals surface area (Å²) in [6.45, 7) is 0. The third-order valence-corrected chi connectivity index (χ3v) is 5.37. The molecule has 0 aliphatic heterocycles. The molecule has 4 nitrogen and oxygen atoms in total. The molecule has 0 aliphatic rings. The van der Waals surface area contributed by atoms with Crippen molar-refractivity contribution >= 4 is 44.9 Å². The Hall–Kier alpha value is -2.44. The summed E-state index contributed by atoms with van der Waals surface area (Å²) in [5.41, 5.74) is 0.509. The second kappa shape index (κ2) is 7.21. The first-order valence-corrected chi connectivity index (χ1v) is 8.60. The van der Waals surface area contributed by atoms with Crippen LogP contribution in [-0.4, -0.2) is 17.0 Å². The first-order valence-electron chi connectivity index (χ1n) is 7.41. The predicted molar refractivity (Wildman–Crippen MR) is 95.7 cm³/mol. The van der Waals surface area contributed by atoms with Crippen molar-refractivity contribution in [1.29, 1.82) is 0 Å². The Bertz CT molecular complexity index is 939. The highest BCUT2D eigenvalue weighted by molar-refractivity contribution is 7.21. The molecular formula is C18H13ClFNO3S. The topological polar surface area (TPSA) is 66.4 Å². The molecule has 1 atom stereocenters. The molecule has 128 valence electrons. The minimum atomic E-state index is -1.07. The van der Waals surface area contributed by atoms with Crippen LogP contribution >= 0.6 is 22.9 Å². The number of carboxylic acid groups (broad SMARTS) is 1. The lowest BCUT2D eigenvalue weighted by Crippen LogP contribution is -2.29. The van der Waals surface area contributed by atoms with Gasteiger partial charge in [0, 0.05) is 10.1 Å². The highest BCUT2D eigenvalue weighted by atomic mass is 35.5. The Kier molecular flexibility index (Phi) is 5.01. The largest absolute Gasteiger partial charge is 0.481 e. The molecule has 0 bridgehead atoms. The fraction of sp³-hybridized carbons (Fsp3) is 0.111. The molecule has 0 saturated heterocycles. The van der Waals surface area contributed by atoms with Crippen molar-refractivity contribution in [2.24, 2.45) is 0 Å². The molecule has 0 fully saturated rings. The standard InChI is InChI=1S/C18H13ClFNO3S/c19-16-12-3-1-2-4-14(12)25-17(16)18(24)21-13(9-15(22)23)10-5-7-11(20)8-6-10/h1-8,13H,9H2,(H,21,24)(H,22,23)/t13-/m0/s1. The number of fused-ring (bicyclic) bond motifs is 1. The zero-order chi connectivity index (χ0) is 18.0. The van der Waals surface area contributed by atoms with Crippen LogP contribution in [0.25, 0.3) is 10.1 Å². The van der Waals surface area contributed by atoms with Gasteiger partial charge in [-0.05, 0) is 23.8 Å². The smallest absolute Gasteiger partial charge is 0.305 e. The van der Waals surface area contributed by atoms with Gasteiger partial charge >= 0.3 is 5.97 Å². The number of carbonyl (C=O) groups is 2. The summed E-state index contributed by atoms with van der Waals surface area (Å²) in [7, 11) is 0. The Morgan fingerprint density at radius 3 is 2.48 bits per heavy atom. The fourth-order valence-electron chi connectivity index (χ4n) is 2.51. The molecule has 2 N–H and O–H groups in total. The zero-order valence-corrected chi connectivity index (χ0v) is 14.4. The molecule has 0 unspecified atom stereocenters. The number of thiophene rings is 1. The molecule has 0 spiro atoms. The summed E-state index contributed by atoms with van der Waals surface area (Å²) in [6.07, 6.45) is -0.320. The van der Waals surface area contributed by atoms with Gasteiger partial charge in [0.1, 0.15) is 10.7 Å². The molecule has 7 heteroatoms. The number of benzene rings is 2. The predicted octanol–water partition coefficient (Wildman–Crippen LogP) is 4.64. The van der Waals surface area contributed by atoms with Crippen LogP contribution < -0.4 is 5.32 Å². The molecule has 0 saturated carbocycles. The van der Waals surface area contributed by atoms with Crippen LogP contribution in [0.4, 0.5) is 4.39 Å². The van der Waals surface area contributed by atoms with E-state index in [1.54, 1.807) is 0 Å². The van der Waals surface area contributed by atoms with E-state index in [0.717, 1.165) is 10.1 Å². The number of rotatable bonds is 5. The van der Waals surface area contributed by atoms with Gasteiger partial charge in [0.25, 0.3) is 5.91 Å². The van der Waals surface area contributed by atoms with Crippen LogP contribution in [0.1, 0.15) is 27.7 Å². The molecule has 2 aromatic carbocycles.